The van der Waals surface area contributed by atoms with Gasteiger partial charge in [0.15, 0.2) is 5.79 Å². The zero-order chi connectivity index (χ0) is 29.5. The van der Waals surface area contributed by atoms with E-state index in [9.17, 15) is 9.90 Å². The van der Waals surface area contributed by atoms with E-state index in [2.05, 4.69) is 82.6 Å². The van der Waals surface area contributed by atoms with Crippen LogP contribution in [0.1, 0.15) is 20.8 Å². The van der Waals surface area contributed by atoms with Gasteiger partial charge >= 0.3 is 0 Å². The number of epoxide rings is 1. The Kier molecular flexibility index (Phi) is 8.65. The molecule has 0 spiro atoms. The molecule has 0 aromatic heterocycles. The first-order valence-corrected chi connectivity index (χ1v) is 25.2. The molecule has 8 atom stereocenters. The van der Waals surface area contributed by atoms with E-state index in [0.717, 1.165) is 0 Å². The van der Waals surface area contributed by atoms with Crippen LogP contribution in [0.25, 0.3) is 0 Å². The maximum atomic E-state index is 13.6. The third kappa shape index (κ3) is 6.25. The molecule has 2 heterocycles. The molecule has 0 radical (unpaired) electrons. The summed E-state index contributed by atoms with van der Waals surface area (Å²) >= 11 is 18.5. The van der Waals surface area contributed by atoms with Crippen LogP contribution in [-0.2, 0) is 19.0 Å². The third-order valence-electron chi connectivity index (χ3n) is 8.15. The van der Waals surface area contributed by atoms with Crippen LogP contribution < -0.4 is 5.32 Å². The summed E-state index contributed by atoms with van der Waals surface area (Å²) in [6.45, 7) is 26.4. The summed E-state index contributed by atoms with van der Waals surface area (Å²) in [6.07, 6.45) is -1.97. The largest absolute Gasteiger partial charge is 0.378 e. The number of hydrogen-bond acceptors (Lipinski definition) is 5. The van der Waals surface area contributed by atoms with Gasteiger partial charge in [-0.25, -0.2) is 0 Å². The van der Waals surface area contributed by atoms with E-state index >= 15 is 0 Å². The van der Waals surface area contributed by atoms with E-state index in [1.165, 1.54) is 0 Å². The van der Waals surface area contributed by atoms with Crippen LogP contribution >= 0.6 is 34.8 Å². The number of fused-ring (bicyclic) bond motifs is 1. The number of halogens is 3. The average molecular weight is 643 g/mol. The highest BCUT2D eigenvalue weighted by Gasteiger charge is 2.80. The number of amides is 1. The molecule has 0 bridgehead atoms. The molecule has 38 heavy (non-hydrogen) atoms. The molecule has 1 saturated carbocycles. The molecule has 218 valence electrons. The van der Waals surface area contributed by atoms with E-state index in [1.807, 2.05) is 13.8 Å². The van der Waals surface area contributed by atoms with Gasteiger partial charge in [-0.3, -0.25) is 4.79 Å². The van der Waals surface area contributed by atoms with Crippen molar-refractivity contribution < 1.29 is 24.1 Å². The number of rotatable bonds is 5. The average Bonchev–Trinajstić information content (AvgIpc) is 3.23. The monoisotopic (exact) mass is 641 g/mol. The molecule has 1 aliphatic carbocycles. The maximum absolute atomic E-state index is 13.6. The predicted octanol–water partition coefficient (Wildman–Crippen LogP) is 5.81. The van der Waals surface area contributed by atoms with Crippen molar-refractivity contribution in [3.63, 3.8) is 0 Å². The van der Waals surface area contributed by atoms with Crippen LogP contribution in [0.2, 0.25) is 70.0 Å². The standard InChI is InChI=1S/C26H46Cl3NO5Si3/c1-23(2)33-15-16(34-23)18-19-24(3,35-19)20(37(7,8)9)21(38(10,11)12)25(18,30-22(32)26(27,28)29)17(31)13-14-36(4,5)6/h16-21,31H,15H2,1-12H3,(H,30,32)/t16-,17-,18+,19+,20+,21-,24+,25-/m1/s1. The first kappa shape index (κ1) is 32.9. The van der Waals surface area contributed by atoms with Crippen molar-refractivity contribution in [1.82, 2.24) is 5.32 Å². The van der Waals surface area contributed by atoms with Gasteiger partial charge in [0.2, 0.25) is 0 Å². The minimum Gasteiger partial charge on any atom is -0.378 e. The molecule has 0 aromatic carbocycles. The quantitative estimate of drug-likeness (QED) is 0.171. The van der Waals surface area contributed by atoms with Crippen molar-refractivity contribution in [1.29, 1.82) is 0 Å². The highest BCUT2D eigenvalue weighted by Crippen LogP contribution is 2.70. The molecule has 3 rings (SSSR count). The molecule has 3 aliphatic rings. The van der Waals surface area contributed by atoms with Crippen molar-refractivity contribution >= 4 is 64.9 Å². The van der Waals surface area contributed by atoms with Gasteiger partial charge in [0.25, 0.3) is 9.70 Å². The second-order valence-corrected chi connectivity index (χ2v) is 32.8. The van der Waals surface area contributed by atoms with Gasteiger partial charge < -0.3 is 24.6 Å². The van der Waals surface area contributed by atoms with Crippen LogP contribution in [0.5, 0.6) is 0 Å². The lowest BCUT2D eigenvalue weighted by Gasteiger charge is -2.61. The summed E-state index contributed by atoms with van der Waals surface area (Å²) in [5.41, 5.74) is 1.61. The molecule has 12 heteroatoms. The van der Waals surface area contributed by atoms with E-state index in [-0.39, 0.29) is 17.2 Å². The molecular weight excluding hydrogens is 597 g/mol. The zero-order valence-corrected chi connectivity index (χ0v) is 30.2. The highest BCUT2D eigenvalue weighted by atomic mass is 35.6. The first-order chi connectivity index (χ1) is 16.8. The molecule has 0 unspecified atom stereocenters. The predicted molar refractivity (Wildman–Crippen MR) is 164 cm³/mol. The molecule has 0 aromatic rings. The van der Waals surface area contributed by atoms with Crippen molar-refractivity contribution in [2.45, 2.75) is 130 Å². The molecule has 6 nitrogen and oxygen atoms in total. The number of aliphatic hydroxyl groups excluding tert-OH is 1. The van der Waals surface area contributed by atoms with Gasteiger partial charge in [0.1, 0.15) is 14.2 Å². The van der Waals surface area contributed by atoms with Crippen molar-refractivity contribution in [2.75, 3.05) is 6.61 Å². The summed E-state index contributed by atoms with van der Waals surface area (Å²) in [7, 11) is -6.09. The number of ether oxygens (including phenoxy) is 3. The highest BCUT2D eigenvalue weighted by molar-refractivity contribution is 6.84. The summed E-state index contributed by atoms with van der Waals surface area (Å²) in [4.78, 5) is 13.6. The van der Waals surface area contributed by atoms with Crippen LogP contribution in [0.4, 0.5) is 0 Å². The molecule has 1 amide bonds. The van der Waals surface area contributed by atoms with Gasteiger partial charge in [-0.15, -0.1) is 5.54 Å². The van der Waals surface area contributed by atoms with E-state index in [1.54, 1.807) is 0 Å². The normalized spacial score (nSPS) is 38.1. The Bertz CT molecular complexity index is 1010. The van der Waals surface area contributed by atoms with E-state index in [0.29, 0.717) is 6.61 Å². The van der Waals surface area contributed by atoms with Crippen LogP contribution in [0, 0.1) is 17.4 Å². The second kappa shape index (κ2) is 9.99. The lowest BCUT2D eigenvalue weighted by atomic mass is 9.63. The Hall–Kier alpha value is 0.391. The van der Waals surface area contributed by atoms with Gasteiger partial charge in [-0.05, 0) is 31.9 Å². The number of alkyl halides is 3. The molecule has 2 saturated heterocycles. The Morgan fingerprint density at radius 1 is 0.974 bits per heavy atom. The van der Waals surface area contributed by atoms with Gasteiger partial charge in [-0.1, -0.05) is 99.6 Å². The van der Waals surface area contributed by atoms with E-state index in [4.69, 9.17) is 49.0 Å². The Morgan fingerprint density at radius 3 is 1.89 bits per heavy atom. The maximum Gasteiger partial charge on any atom is 0.272 e. The number of hydrogen-bond donors (Lipinski definition) is 2. The first-order valence-electron chi connectivity index (χ1n) is 13.4. The van der Waals surface area contributed by atoms with Gasteiger partial charge in [0.05, 0.1) is 46.1 Å². The lowest BCUT2D eigenvalue weighted by Crippen LogP contribution is -2.76. The summed E-state index contributed by atoms with van der Waals surface area (Å²) < 4.78 is 16.9. The van der Waals surface area contributed by atoms with Gasteiger partial charge in [0, 0.05) is 5.92 Å². The Morgan fingerprint density at radius 2 is 1.50 bits per heavy atom. The fourth-order valence-electron chi connectivity index (χ4n) is 7.21. The molecule has 3 fully saturated rings. The Labute approximate surface area is 247 Å². The molecule has 2 aliphatic heterocycles. The Balaban J connectivity index is 2.40. The molecular formula is C26H46Cl3NO5Si3. The van der Waals surface area contributed by atoms with Gasteiger partial charge in [-0.2, -0.15) is 0 Å². The van der Waals surface area contributed by atoms with Crippen molar-refractivity contribution in [2.24, 2.45) is 5.92 Å². The molecule has 2 N–H and O–H groups in total. The summed E-state index contributed by atoms with van der Waals surface area (Å²) in [6, 6.07) is 0. The van der Waals surface area contributed by atoms with E-state index < -0.39 is 69.0 Å². The lowest BCUT2D eigenvalue weighted by molar-refractivity contribution is -0.156. The van der Waals surface area contributed by atoms with Crippen molar-refractivity contribution in [3.8, 4) is 11.5 Å². The van der Waals surface area contributed by atoms with Crippen LogP contribution in [0.15, 0.2) is 0 Å². The topological polar surface area (TPSA) is 80.3 Å². The zero-order valence-electron chi connectivity index (χ0n) is 24.9. The summed E-state index contributed by atoms with van der Waals surface area (Å²) in [5.74, 6) is 1.13. The second-order valence-electron chi connectivity index (χ2n) is 15.1. The van der Waals surface area contributed by atoms with Crippen LogP contribution in [0.3, 0.4) is 0 Å². The third-order valence-corrected chi connectivity index (χ3v) is 15.3. The minimum atomic E-state index is -2.22. The fraction of sp³-hybridized carbons (Fsp3) is 0.885. The SMILES string of the molecule is CC1(C)OC[C@H]([C@H]2[C@@H]3O[C@]3(C)[C@@H]([Si](C)(C)C)[C@@H]([Si](C)(C)C)[C@@]2(NC(=O)C(Cl)(Cl)Cl)[C@H](O)C#C[Si](C)(C)C)O1. The number of carbonyl (C=O) groups is 1. The fourth-order valence-corrected chi connectivity index (χ4v) is 17.3. The van der Waals surface area contributed by atoms with Crippen molar-refractivity contribution in [3.05, 3.63) is 0 Å². The smallest absolute Gasteiger partial charge is 0.272 e. The van der Waals surface area contributed by atoms with Crippen LogP contribution in [-0.4, -0.2) is 80.9 Å². The summed E-state index contributed by atoms with van der Waals surface area (Å²) in [5, 5.41) is 15.5. The number of aliphatic hydroxyl groups is 1. The number of nitrogens with one attached hydrogen (secondary N) is 1. The number of carbonyl (C=O) groups excluding carboxylic acids is 1. The minimum absolute atomic E-state index is 0.109.